The molecule has 1 aliphatic carbocycles. The molecule has 1 aliphatic rings. The van der Waals surface area contributed by atoms with E-state index in [9.17, 15) is 0 Å². The first kappa shape index (κ1) is 17.6. The fourth-order valence-electron chi connectivity index (χ4n) is 2.32. The van der Waals surface area contributed by atoms with Crippen LogP contribution in [0.3, 0.4) is 0 Å². The van der Waals surface area contributed by atoms with Gasteiger partial charge in [0.2, 0.25) is 0 Å². The molecule has 104 valence electrons. The molecule has 1 heteroatoms. The van der Waals surface area contributed by atoms with Gasteiger partial charge in [0, 0.05) is 0 Å². The van der Waals surface area contributed by atoms with Gasteiger partial charge in [-0.25, -0.2) is 12.1 Å². The topological polar surface area (TPSA) is 0 Å². The van der Waals surface area contributed by atoms with E-state index in [0.29, 0.717) is 0 Å². The molecule has 0 fully saturated rings. The van der Waals surface area contributed by atoms with Gasteiger partial charge >= 0.3 is 28.4 Å². The van der Waals surface area contributed by atoms with Crippen molar-refractivity contribution in [3.63, 3.8) is 0 Å². The molecule has 0 saturated heterocycles. The van der Waals surface area contributed by atoms with Gasteiger partial charge in [-0.15, -0.1) is 5.56 Å². The second kappa shape index (κ2) is 9.47. The van der Waals surface area contributed by atoms with Crippen LogP contribution in [0.25, 0.3) is 11.1 Å². The number of fused-ring (bicyclic) bond motifs is 3. The Morgan fingerprint density at radius 3 is 2.24 bits per heavy atom. The van der Waals surface area contributed by atoms with Gasteiger partial charge in [-0.05, 0) is 6.42 Å². The molecule has 0 nitrogen and oxygen atoms in total. The first-order chi connectivity index (χ1) is 9.95. The second-order valence-electron chi connectivity index (χ2n) is 4.36. The molecule has 0 bridgehead atoms. The second-order valence-corrected chi connectivity index (χ2v) is 4.36. The summed E-state index contributed by atoms with van der Waals surface area (Å²) in [7, 11) is 0. The van der Waals surface area contributed by atoms with E-state index in [0.717, 1.165) is 6.42 Å². The van der Waals surface area contributed by atoms with E-state index in [1.54, 1.807) is 0 Å². The minimum absolute atomic E-state index is 0. The van der Waals surface area contributed by atoms with Gasteiger partial charge in [-0.3, -0.25) is 0 Å². The van der Waals surface area contributed by atoms with Crippen molar-refractivity contribution in [1.82, 2.24) is 0 Å². The maximum absolute atomic E-state index is 3.34. The van der Waals surface area contributed by atoms with Crippen LogP contribution in [0.4, 0.5) is 0 Å². The number of hydrogen-bond donors (Lipinski definition) is 0. The van der Waals surface area contributed by atoms with Gasteiger partial charge in [0.25, 0.3) is 0 Å². The number of rotatable bonds is 0. The van der Waals surface area contributed by atoms with E-state index < -0.39 is 0 Å². The van der Waals surface area contributed by atoms with Crippen molar-refractivity contribution in [2.45, 2.75) is 13.8 Å². The smallest absolute Gasteiger partial charge is 0.0253 e. The number of benzene rings is 2. The third-order valence-corrected chi connectivity index (χ3v) is 3.17. The van der Waals surface area contributed by atoms with Crippen molar-refractivity contribution in [3.8, 4) is 11.1 Å². The van der Waals surface area contributed by atoms with E-state index in [4.69, 9.17) is 0 Å². The molecule has 0 atom stereocenters. The summed E-state index contributed by atoms with van der Waals surface area (Å²) in [5.41, 5.74) is 5.51. The molecule has 4 rings (SSSR count). The van der Waals surface area contributed by atoms with Crippen molar-refractivity contribution < 1.29 is 24.2 Å². The fraction of sp³-hybridized carbons (Fsp3) is 0.100. The predicted molar refractivity (Wildman–Crippen MR) is 89.4 cm³/mol. The summed E-state index contributed by atoms with van der Waals surface area (Å²) in [6.07, 6.45) is 1.05. The molecule has 3 aromatic rings. The van der Waals surface area contributed by atoms with E-state index in [2.05, 4.69) is 46.7 Å². The summed E-state index contributed by atoms with van der Waals surface area (Å²) in [5.74, 6) is 0. The summed E-state index contributed by atoms with van der Waals surface area (Å²) >= 11 is 1.30. The molecule has 0 saturated carbocycles. The van der Waals surface area contributed by atoms with E-state index in [-0.39, 0.29) is 7.43 Å². The molecule has 0 heterocycles. The van der Waals surface area contributed by atoms with Crippen molar-refractivity contribution in [1.29, 1.82) is 0 Å². The van der Waals surface area contributed by atoms with E-state index >= 15 is 0 Å². The normalized spacial score (nSPS) is 9.81. The monoisotopic (exact) mass is 350 g/mol. The third-order valence-electron chi connectivity index (χ3n) is 3.17. The van der Waals surface area contributed by atoms with Crippen LogP contribution < -0.4 is 0 Å². The van der Waals surface area contributed by atoms with Crippen LogP contribution in [0, 0.1) is 6.07 Å². The minimum Gasteiger partial charge on any atom is -0.214 e. The van der Waals surface area contributed by atoms with Gasteiger partial charge in [0.1, 0.15) is 0 Å². The zero-order chi connectivity index (χ0) is 14.2. The largest absolute Gasteiger partial charge is 0.214 e. The molecule has 0 radical (unpaired) electrons. The maximum Gasteiger partial charge on any atom is -0.0253 e. The van der Waals surface area contributed by atoms with Crippen molar-refractivity contribution in [2.75, 3.05) is 0 Å². The van der Waals surface area contributed by atoms with Crippen LogP contribution in [0.5, 0.6) is 0 Å². The van der Waals surface area contributed by atoms with Crippen LogP contribution >= 0.6 is 0 Å². The first-order valence-corrected chi connectivity index (χ1v) is 8.29. The Morgan fingerprint density at radius 1 is 0.905 bits per heavy atom. The SMILES string of the molecule is C.[CH2]=[Zr+2].[c-]1cccc2c1Cc1ccccc1-2.c1cc[cH-]c1. The summed E-state index contributed by atoms with van der Waals surface area (Å²) < 4.78 is 3.34. The standard InChI is InChI=1S/C13H9.C5H5.CH4.CH2.Zr/c1-3-7-12-10(5-1)9-11-6-2-4-8-13(11)12;1-2-4-5-3-1;;;/h1-5,7-8H,9H2;1-5H;1H4;1H2;/q2*-1;;;+2. The maximum atomic E-state index is 3.34. The quantitative estimate of drug-likeness (QED) is 0.388. The average molecular weight is 352 g/mol. The van der Waals surface area contributed by atoms with Crippen LogP contribution in [0.1, 0.15) is 18.6 Å². The van der Waals surface area contributed by atoms with Gasteiger partial charge in [0.05, 0.1) is 0 Å². The van der Waals surface area contributed by atoms with Crippen molar-refractivity contribution in [2.24, 2.45) is 0 Å². The van der Waals surface area contributed by atoms with Crippen LogP contribution in [-0.2, 0) is 30.7 Å². The molecule has 0 spiro atoms. The Bertz CT molecular complexity index is 578. The Balaban J connectivity index is 0.000000235. The molecular weight excluding hydrogens is 331 g/mol. The molecule has 0 N–H and O–H groups in total. The Hall–Kier alpha value is -1.46. The molecule has 0 aromatic heterocycles. The molecule has 0 unspecified atom stereocenters. The summed E-state index contributed by atoms with van der Waals surface area (Å²) in [6, 6.07) is 28.1. The van der Waals surface area contributed by atoms with Gasteiger partial charge < -0.3 is 0 Å². The Morgan fingerprint density at radius 2 is 1.57 bits per heavy atom. The fourth-order valence-corrected chi connectivity index (χ4v) is 2.32. The molecule has 3 aromatic carbocycles. The zero-order valence-corrected chi connectivity index (χ0v) is 13.8. The Kier molecular flexibility index (Phi) is 7.94. The van der Waals surface area contributed by atoms with Gasteiger partial charge in [-0.1, -0.05) is 42.8 Å². The van der Waals surface area contributed by atoms with Crippen molar-refractivity contribution in [3.05, 3.63) is 90.0 Å². The molecular formula is C20H20Zr. The Labute approximate surface area is 143 Å². The minimum atomic E-state index is 0. The molecule has 21 heavy (non-hydrogen) atoms. The number of hydrogen-bond acceptors (Lipinski definition) is 0. The van der Waals surface area contributed by atoms with Crippen LogP contribution in [0.15, 0.2) is 72.8 Å². The van der Waals surface area contributed by atoms with E-state index in [1.807, 2.05) is 36.4 Å². The third kappa shape index (κ3) is 4.51. The molecule has 0 amide bonds. The summed E-state index contributed by atoms with van der Waals surface area (Å²) in [6.45, 7) is 0. The zero-order valence-electron chi connectivity index (χ0n) is 11.3. The summed E-state index contributed by atoms with van der Waals surface area (Å²) in [5, 5.41) is 0. The summed E-state index contributed by atoms with van der Waals surface area (Å²) in [4.78, 5) is 0. The van der Waals surface area contributed by atoms with Crippen molar-refractivity contribution >= 4 is 4.21 Å². The average Bonchev–Trinajstić information content (AvgIpc) is 3.20. The first-order valence-electron chi connectivity index (χ1n) is 6.55. The molecule has 0 aliphatic heterocycles. The predicted octanol–water partition coefficient (Wildman–Crippen LogP) is 5.06. The van der Waals surface area contributed by atoms with Gasteiger partial charge in [0.15, 0.2) is 0 Å². The van der Waals surface area contributed by atoms with E-state index in [1.165, 1.54) is 46.5 Å². The van der Waals surface area contributed by atoms with Gasteiger partial charge in [-0.2, -0.15) is 48.0 Å². The van der Waals surface area contributed by atoms with Crippen LogP contribution in [-0.4, -0.2) is 4.21 Å². The van der Waals surface area contributed by atoms with Crippen LogP contribution in [0.2, 0.25) is 0 Å².